The summed E-state index contributed by atoms with van der Waals surface area (Å²) in [6.07, 6.45) is 1.66. The first-order valence-electron chi connectivity index (χ1n) is 7.34. The van der Waals surface area contributed by atoms with Gasteiger partial charge in [-0.3, -0.25) is 9.69 Å². The number of benzene rings is 2. The third kappa shape index (κ3) is 3.83. The molecule has 0 radical (unpaired) electrons. The van der Waals surface area contributed by atoms with Gasteiger partial charge >= 0.3 is 0 Å². The first-order chi connectivity index (χ1) is 11.5. The maximum absolute atomic E-state index is 13.3. The monoisotopic (exact) mass is 358 g/mol. The van der Waals surface area contributed by atoms with Crippen LogP contribution in [-0.2, 0) is 4.79 Å². The Morgan fingerprint density at radius 2 is 2.04 bits per heavy atom. The van der Waals surface area contributed by atoms with Gasteiger partial charge in [-0.05, 0) is 48.4 Å². The number of nitrogens with one attached hydrogen (secondary N) is 1. The van der Waals surface area contributed by atoms with Crippen LogP contribution in [0.2, 0.25) is 0 Å². The molecule has 2 aromatic carbocycles. The van der Waals surface area contributed by atoms with E-state index >= 15 is 0 Å². The SMILES string of the molecule is Cc1cccc(NCN2C(=O)C(=Cc3cccc(F)c3)SC2=S)c1. The zero-order valence-corrected chi connectivity index (χ0v) is 14.6. The van der Waals surface area contributed by atoms with Crippen molar-refractivity contribution in [3.8, 4) is 0 Å². The average molecular weight is 358 g/mol. The summed E-state index contributed by atoms with van der Waals surface area (Å²) in [5, 5.41) is 3.20. The van der Waals surface area contributed by atoms with Gasteiger partial charge < -0.3 is 5.32 Å². The highest BCUT2D eigenvalue weighted by Crippen LogP contribution is 2.32. The molecule has 0 spiro atoms. The fraction of sp³-hybridized carbons (Fsp3) is 0.111. The van der Waals surface area contributed by atoms with Crippen LogP contribution in [0.25, 0.3) is 6.08 Å². The summed E-state index contributed by atoms with van der Waals surface area (Å²) in [5.74, 6) is -0.505. The van der Waals surface area contributed by atoms with Crippen molar-refractivity contribution in [3.63, 3.8) is 0 Å². The number of rotatable bonds is 4. The molecule has 3 rings (SSSR count). The molecule has 0 unspecified atom stereocenters. The number of amides is 1. The number of nitrogens with zero attached hydrogens (tertiary/aromatic N) is 1. The van der Waals surface area contributed by atoms with Crippen LogP contribution in [-0.4, -0.2) is 21.8 Å². The minimum atomic E-state index is -0.333. The average Bonchev–Trinajstić information content (AvgIpc) is 2.79. The van der Waals surface area contributed by atoms with E-state index in [1.807, 2.05) is 31.2 Å². The minimum absolute atomic E-state index is 0.172. The lowest BCUT2D eigenvalue weighted by molar-refractivity contribution is -0.121. The second-order valence-electron chi connectivity index (χ2n) is 5.37. The van der Waals surface area contributed by atoms with E-state index in [0.717, 1.165) is 11.3 Å². The molecule has 0 aliphatic carbocycles. The second kappa shape index (κ2) is 7.15. The number of halogens is 1. The Hall–Kier alpha value is -2.18. The topological polar surface area (TPSA) is 32.3 Å². The van der Waals surface area contributed by atoms with Crippen molar-refractivity contribution >= 4 is 46.0 Å². The third-order valence-electron chi connectivity index (χ3n) is 3.48. The standard InChI is InChI=1S/C18H15FN2OS2/c1-12-4-2-7-15(8-12)20-11-21-17(22)16(24-18(21)23)10-13-5-3-6-14(19)9-13/h2-10,20H,11H2,1H3. The normalized spacial score (nSPS) is 16.1. The van der Waals surface area contributed by atoms with Crippen molar-refractivity contribution in [3.05, 3.63) is 70.4 Å². The van der Waals surface area contributed by atoms with Crippen molar-refractivity contribution in [1.82, 2.24) is 4.90 Å². The number of hydrogen-bond donors (Lipinski definition) is 1. The van der Waals surface area contributed by atoms with Gasteiger partial charge in [0.2, 0.25) is 0 Å². The molecule has 3 nitrogen and oxygen atoms in total. The maximum Gasteiger partial charge on any atom is 0.267 e. The summed E-state index contributed by atoms with van der Waals surface area (Å²) in [6.45, 7) is 2.31. The summed E-state index contributed by atoms with van der Waals surface area (Å²) in [6, 6.07) is 14.0. The molecular formula is C18H15FN2OS2. The predicted molar refractivity (Wildman–Crippen MR) is 101 cm³/mol. The van der Waals surface area contributed by atoms with Gasteiger partial charge in [0.05, 0.1) is 11.6 Å². The van der Waals surface area contributed by atoms with Gasteiger partial charge in [-0.25, -0.2) is 4.39 Å². The summed E-state index contributed by atoms with van der Waals surface area (Å²) in [7, 11) is 0. The van der Waals surface area contributed by atoms with Gasteiger partial charge in [0.25, 0.3) is 5.91 Å². The second-order valence-corrected chi connectivity index (χ2v) is 7.04. The molecule has 24 heavy (non-hydrogen) atoms. The van der Waals surface area contributed by atoms with E-state index in [2.05, 4.69) is 5.32 Å². The maximum atomic E-state index is 13.3. The smallest absolute Gasteiger partial charge is 0.267 e. The summed E-state index contributed by atoms with van der Waals surface area (Å²) >= 11 is 6.52. The van der Waals surface area contributed by atoms with Crippen LogP contribution >= 0.6 is 24.0 Å². The number of anilines is 1. The summed E-state index contributed by atoms with van der Waals surface area (Å²) in [5.41, 5.74) is 2.71. The van der Waals surface area contributed by atoms with E-state index < -0.39 is 0 Å². The number of carbonyl (C=O) groups is 1. The molecule has 1 N–H and O–H groups in total. The Kier molecular flexibility index (Phi) is 4.97. The minimum Gasteiger partial charge on any atom is -0.367 e. The molecule has 0 bridgehead atoms. The lowest BCUT2D eigenvalue weighted by Gasteiger charge is -2.16. The zero-order valence-electron chi connectivity index (χ0n) is 13.0. The first kappa shape index (κ1) is 16.7. The van der Waals surface area contributed by atoms with Crippen LogP contribution in [0, 0.1) is 12.7 Å². The molecule has 0 saturated carbocycles. The Morgan fingerprint density at radius 1 is 1.25 bits per heavy atom. The highest BCUT2D eigenvalue weighted by molar-refractivity contribution is 8.26. The molecule has 2 aromatic rings. The fourth-order valence-corrected chi connectivity index (χ4v) is 3.56. The summed E-state index contributed by atoms with van der Waals surface area (Å²) < 4.78 is 13.8. The molecule has 122 valence electrons. The van der Waals surface area contributed by atoms with E-state index in [9.17, 15) is 9.18 Å². The molecule has 1 saturated heterocycles. The fourth-order valence-electron chi connectivity index (χ4n) is 2.31. The molecule has 0 aromatic heterocycles. The summed E-state index contributed by atoms with van der Waals surface area (Å²) in [4.78, 5) is 14.5. The number of thioether (sulfide) groups is 1. The first-order valence-corrected chi connectivity index (χ1v) is 8.57. The quantitative estimate of drug-likeness (QED) is 0.648. The van der Waals surface area contributed by atoms with Gasteiger partial charge in [-0.2, -0.15) is 0 Å². The van der Waals surface area contributed by atoms with Crippen LogP contribution in [0.5, 0.6) is 0 Å². The van der Waals surface area contributed by atoms with Crippen LogP contribution < -0.4 is 5.32 Å². The van der Waals surface area contributed by atoms with Crippen LogP contribution in [0.3, 0.4) is 0 Å². The van der Waals surface area contributed by atoms with Crippen molar-refractivity contribution in [2.75, 3.05) is 12.0 Å². The molecule has 1 aliphatic rings. The Balaban J connectivity index is 1.72. The van der Waals surface area contributed by atoms with Gasteiger partial charge in [0.15, 0.2) is 0 Å². The van der Waals surface area contributed by atoms with Crippen molar-refractivity contribution < 1.29 is 9.18 Å². The zero-order chi connectivity index (χ0) is 17.1. The Bertz CT molecular complexity index is 835. The van der Waals surface area contributed by atoms with Crippen molar-refractivity contribution in [2.45, 2.75) is 6.92 Å². The molecule has 0 atom stereocenters. The van der Waals surface area contributed by atoms with E-state index in [1.54, 1.807) is 18.2 Å². The number of thiocarbonyl (C=S) groups is 1. The van der Waals surface area contributed by atoms with E-state index in [-0.39, 0.29) is 11.7 Å². The molecule has 1 aliphatic heterocycles. The predicted octanol–water partition coefficient (Wildman–Crippen LogP) is 4.40. The molecule has 1 heterocycles. The van der Waals surface area contributed by atoms with Crippen LogP contribution in [0.1, 0.15) is 11.1 Å². The van der Waals surface area contributed by atoms with Crippen molar-refractivity contribution in [1.29, 1.82) is 0 Å². The van der Waals surface area contributed by atoms with E-state index in [0.29, 0.717) is 21.5 Å². The molecule has 1 fully saturated rings. The molecular weight excluding hydrogens is 343 g/mol. The lowest BCUT2D eigenvalue weighted by atomic mass is 10.2. The van der Waals surface area contributed by atoms with Gasteiger partial charge in [0.1, 0.15) is 10.1 Å². The van der Waals surface area contributed by atoms with Gasteiger partial charge in [0, 0.05) is 5.69 Å². The molecule has 6 heteroatoms. The number of aryl methyl sites for hydroxylation is 1. The van der Waals surface area contributed by atoms with Gasteiger partial charge in [-0.1, -0.05) is 48.2 Å². The number of carbonyl (C=O) groups excluding carboxylic acids is 1. The van der Waals surface area contributed by atoms with Crippen LogP contribution in [0.15, 0.2) is 53.4 Å². The third-order valence-corrected chi connectivity index (χ3v) is 4.86. The van der Waals surface area contributed by atoms with E-state index in [4.69, 9.17) is 12.2 Å². The highest BCUT2D eigenvalue weighted by Gasteiger charge is 2.31. The largest absolute Gasteiger partial charge is 0.367 e. The highest BCUT2D eigenvalue weighted by atomic mass is 32.2. The Morgan fingerprint density at radius 3 is 2.79 bits per heavy atom. The molecule has 1 amide bonds. The van der Waals surface area contributed by atoms with Gasteiger partial charge in [-0.15, -0.1) is 0 Å². The number of hydrogen-bond acceptors (Lipinski definition) is 4. The van der Waals surface area contributed by atoms with Crippen molar-refractivity contribution in [2.24, 2.45) is 0 Å². The van der Waals surface area contributed by atoms with E-state index in [1.165, 1.54) is 28.8 Å². The Labute approximate surface area is 149 Å². The van der Waals surface area contributed by atoms with Crippen LogP contribution in [0.4, 0.5) is 10.1 Å². The lowest BCUT2D eigenvalue weighted by Crippen LogP contribution is -2.33.